The van der Waals surface area contributed by atoms with E-state index in [1.807, 2.05) is 5.32 Å². The minimum absolute atomic E-state index is 0.0848. The number of carbonyl (C=O) groups is 2. The number of ether oxygens (including phenoxy) is 1. The Bertz CT molecular complexity index is 1310. The van der Waals surface area contributed by atoms with Gasteiger partial charge in [-0.15, -0.1) is 0 Å². The standard InChI is InChI=1S/C23H24F2N6O3/c1-26-23(33)15-11-27-20(29-22(32)13-6-7-13)10-18(15)28-17-5-3-4-14(21(17)34-2)16-8-9-31(30-16)12-19(24)25/h3-5,8-11,13,19H,6-7,12H2,1-2H3,(H,26,33)(H2,27,28,29,32)/i1D3. The molecule has 3 N–H and O–H groups in total. The number of methoxy groups -OCH3 is 1. The molecule has 34 heavy (non-hydrogen) atoms. The summed E-state index contributed by atoms with van der Waals surface area (Å²) in [4.78, 5) is 29.0. The van der Waals surface area contributed by atoms with Gasteiger partial charge < -0.3 is 20.7 Å². The topological polar surface area (TPSA) is 110 Å². The summed E-state index contributed by atoms with van der Waals surface area (Å²) in [6.45, 7) is -3.30. The molecule has 1 aliphatic rings. The van der Waals surface area contributed by atoms with Gasteiger partial charge in [0.25, 0.3) is 12.3 Å². The van der Waals surface area contributed by atoms with Crippen LogP contribution in [-0.4, -0.2) is 47.1 Å². The number of hydrogen-bond donors (Lipinski definition) is 3. The fourth-order valence-corrected chi connectivity index (χ4v) is 3.40. The molecule has 1 aliphatic carbocycles. The zero-order valence-electron chi connectivity index (χ0n) is 21.1. The maximum atomic E-state index is 12.8. The molecule has 3 aromatic rings. The molecule has 1 saturated carbocycles. The first-order valence-corrected chi connectivity index (χ1v) is 10.4. The van der Waals surface area contributed by atoms with Gasteiger partial charge >= 0.3 is 0 Å². The minimum atomic E-state index is -2.73. The number of halogens is 2. The van der Waals surface area contributed by atoms with Gasteiger partial charge in [-0.05, 0) is 31.0 Å². The number of benzene rings is 1. The normalized spacial score (nSPS) is 14.6. The van der Waals surface area contributed by atoms with Crippen LogP contribution >= 0.6 is 0 Å². The van der Waals surface area contributed by atoms with Gasteiger partial charge in [0.2, 0.25) is 5.91 Å². The van der Waals surface area contributed by atoms with Gasteiger partial charge in [-0.25, -0.2) is 13.8 Å². The SMILES string of the molecule is [2H]C([2H])([2H])NC(=O)c1cnc(NC(=O)C2CC2)cc1Nc1cccc(-c2ccn(CC(F)F)n2)c1OC. The Hall–Kier alpha value is -4.02. The van der Waals surface area contributed by atoms with Crippen molar-refractivity contribution in [2.24, 2.45) is 5.92 Å². The molecular weight excluding hydrogens is 446 g/mol. The predicted molar refractivity (Wildman–Crippen MR) is 122 cm³/mol. The van der Waals surface area contributed by atoms with Gasteiger partial charge in [0, 0.05) is 41.0 Å². The Morgan fingerprint density at radius 2 is 2.12 bits per heavy atom. The first kappa shape index (κ1) is 19.4. The van der Waals surface area contributed by atoms with Crippen LogP contribution in [0.5, 0.6) is 5.75 Å². The third-order valence-corrected chi connectivity index (χ3v) is 5.19. The van der Waals surface area contributed by atoms with Crippen molar-refractivity contribution in [3.63, 3.8) is 0 Å². The largest absolute Gasteiger partial charge is 0.494 e. The molecule has 0 radical (unpaired) electrons. The van der Waals surface area contributed by atoms with Crippen LogP contribution in [0.1, 0.15) is 27.3 Å². The summed E-state index contributed by atoms with van der Waals surface area (Å²) in [5.74, 6) is -0.718. The van der Waals surface area contributed by atoms with Gasteiger partial charge in [0.15, 0.2) is 5.75 Å². The quantitative estimate of drug-likeness (QED) is 0.438. The molecule has 1 fully saturated rings. The average Bonchev–Trinajstić information content (AvgIpc) is 3.57. The number of rotatable bonds is 9. The highest BCUT2D eigenvalue weighted by atomic mass is 19.3. The van der Waals surface area contributed by atoms with Crippen molar-refractivity contribution < 1.29 is 27.2 Å². The zero-order chi connectivity index (χ0) is 26.7. The number of amides is 2. The third-order valence-electron chi connectivity index (χ3n) is 5.19. The van der Waals surface area contributed by atoms with Crippen LogP contribution in [0, 0.1) is 5.92 Å². The summed E-state index contributed by atoms with van der Waals surface area (Å²) in [7, 11) is 1.41. The van der Waals surface area contributed by atoms with Crippen LogP contribution in [0.4, 0.5) is 26.0 Å². The van der Waals surface area contributed by atoms with Crippen molar-refractivity contribution in [1.29, 1.82) is 0 Å². The van der Waals surface area contributed by atoms with E-state index in [0.717, 1.165) is 23.7 Å². The van der Waals surface area contributed by atoms with Crippen LogP contribution in [0.2, 0.25) is 0 Å². The number of anilines is 3. The van der Waals surface area contributed by atoms with E-state index in [2.05, 4.69) is 20.7 Å². The van der Waals surface area contributed by atoms with Crippen molar-refractivity contribution in [2.45, 2.75) is 25.8 Å². The van der Waals surface area contributed by atoms with Crippen LogP contribution < -0.4 is 20.7 Å². The summed E-state index contributed by atoms with van der Waals surface area (Å²) < 4.78 is 54.3. The van der Waals surface area contributed by atoms with Crippen LogP contribution in [0.3, 0.4) is 0 Å². The lowest BCUT2D eigenvalue weighted by Crippen LogP contribution is -2.20. The Morgan fingerprint density at radius 1 is 1.29 bits per heavy atom. The first-order valence-electron chi connectivity index (χ1n) is 11.9. The molecule has 0 saturated heterocycles. The number of aromatic nitrogens is 3. The minimum Gasteiger partial charge on any atom is -0.494 e. The van der Waals surface area contributed by atoms with Gasteiger partial charge in [-0.1, -0.05) is 6.07 Å². The highest BCUT2D eigenvalue weighted by Crippen LogP contribution is 2.38. The molecule has 0 atom stereocenters. The van der Waals surface area contributed by atoms with E-state index >= 15 is 0 Å². The molecule has 0 unspecified atom stereocenters. The van der Waals surface area contributed by atoms with E-state index < -0.39 is 25.9 Å². The first-order chi connectivity index (χ1) is 17.5. The van der Waals surface area contributed by atoms with E-state index in [9.17, 15) is 18.4 Å². The second kappa shape index (κ2) is 9.86. The fraction of sp³-hybridized carbons (Fsp3) is 0.304. The smallest absolute Gasteiger partial charge is 0.257 e. The number of carbonyl (C=O) groups excluding carboxylic acids is 2. The molecule has 1 aromatic carbocycles. The van der Waals surface area contributed by atoms with Crippen LogP contribution in [-0.2, 0) is 11.3 Å². The van der Waals surface area contributed by atoms with Crippen molar-refractivity contribution in [2.75, 3.05) is 24.7 Å². The number of para-hydroxylation sites is 1. The molecule has 2 heterocycles. The van der Waals surface area contributed by atoms with E-state index in [1.165, 1.54) is 19.4 Å². The van der Waals surface area contributed by atoms with E-state index in [0.29, 0.717) is 22.7 Å². The Labute approximate surface area is 198 Å². The zero-order valence-corrected chi connectivity index (χ0v) is 18.1. The number of nitrogens with zero attached hydrogens (tertiary/aromatic N) is 3. The summed E-state index contributed by atoms with van der Waals surface area (Å²) in [6, 6.07) is 7.99. The van der Waals surface area contributed by atoms with E-state index in [1.54, 1.807) is 24.3 Å². The fourth-order valence-electron chi connectivity index (χ4n) is 3.40. The lowest BCUT2D eigenvalue weighted by atomic mass is 10.1. The predicted octanol–water partition coefficient (Wildman–Crippen LogP) is 3.67. The molecule has 11 heteroatoms. The van der Waals surface area contributed by atoms with Gasteiger partial charge in [-0.3, -0.25) is 14.3 Å². The summed E-state index contributed by atoms with van der Waals surface area (Å²) >= 11 is 0. The van der Waals surface area contributed by atoms with Crippen LogP contribution in [0.15, 0.2) is 42.7 Å². The summed E-state index contributed by atoms with van der Waals surface area (Å²) in [6.07, 6.45) is 1.59. The highest BCUT2D eigenvalue weighted by Gasteiger charge is 2.30. The van der Waals surface area contributed by atoms with Crippen molar-refractivity contribution in [1.82, 2.24) is 20.1 Å². The molecule has 0 aliphatic heterocycles. The number of hydrogen-bond acceptors (Lipinski definition) is 6. The van der Waals surface area contributed by atoms with Crippen molar-refractivity contribution >= 4 is 29.0 Å². The number of pyridine rings is 1. The summed E-state index contributed by atoms with van der Waals surface area (Å²) in [5.41, 5.74) is 1.31. The molecule has 2 aromatic heterocycles. The van der Waals surface area contributed by atoms with Crippen LogP contribution in [0.25, 0.3) is 11.3 Å². The third kappa shape index (κ3) is 5.13. The second-order valence-corrected chi connectivity index (χ2v) is 7.66. The lowest BCUT2D eigenvalue weighted by molar-refractivity contribution is -0.117. The molecule has 9 nitrogen and oxygen atoms in total. The van der Waals surface area contributed by atoms with Gasteiger partial charge in [-0.2, -0.15) is 5.10 Å². The Morgan fingerprint density at radius 3 is 2.82 bits per heavy atom. The Kier molecular flexibility index (Phi) is 5.64. The monoisotopic (exact) mass is 473 g/mol. The molecule has 178 valence electrons. The number of nitrogens with one attached hydrogen (secondary N) is 3. The van der Waals surface area contributed by atoms with Gasteiger partial charge in [0.05, 0.1) is 29.7 Å². The molecule has 0 spiro atoms. The van der Waals surface area contributed by atoms with E-state index in [-0.39, 0.29) is 28.9 Å². The lowest BCUT2D eigenvalue weighted by Gasteiger charge is -2.17. The van der Waals surface area contributed by atoms with Crippen molar-refractivity contribution in [3.8, 4) is 17.0 Å². The van der Waals surface area contributed by atoms with Gasteiger partial charge in [0.1, 0.15) is 12.4 Å². The highest BCUT2D eigenvalue weighted by molar-refractivity contribution is 6.01. The maximum Gasteiger partial charge on any atom is 0.257 e. The molecule has 4 rings (SSSR count). The van der Waals surface area contributed by atoms with E-state index in [4.69, 9.17) is 8.85 Å². The molecule has 0 bridgehead atoms. The molecule has 2 amide bonds. The number of alkyl halides is 2. The maximum absolute atomic E-state index is 12.8. The second-order valence-electron chi connectivity index (χ2n) is 7.66. The Balaban J connectivity index is 1.70. The average molecular weight is 473 g/mol. The van der Waals surface area contributed by atoms with Crippen molar-refractivity contribution in [3.05, 3.63) is 48.3 Å². The summed E-state index contributed by atoms with van der Waals surface area (Å²) in [5, 5.41) is 11.8. The molecular formula is C23H24F2N6O3.